The number of halogens is 3. The Morgan fingerprint density at radius 2 is 1.63 bits per heavy atom. The summed E-state index contributed by atoms with van der Waals surface area (Å²) in [5.41, 5.74) is 3.46. The molecule has 0 saturated carbocycles. The number of aryl methyl sites for hydroxylation is 2. The normalized spacial score (nSPS) is 15.5. The van der Waals surface area contributed by atoms with E-state index in [1.807, 2.05) is 13.8 Å². The minimum absolute atomic E-state index is 0.648. The van der Waals surface area contributed by atoms with Crippen LogP contribution in [0.4, 0.5) is 19.0 Å². The van der Waals surface area contributed by atoms with Crippen LogP contribution in [0.5, 0.6) is 0 Å². The molecule has 1 aliphatic rings. The van der Waals surface area contributed by atoms with Gasteiger partial charge in [-0.1, -0.05) is 12.1 Å². The molecule has 0 spiro atoms. The minimum Gasteiger partial charge on any atom is -0.355 e. The van der Waals surface area contributed by atoms with Gasteiger partial charge in [0.25, 0.3) is 0 Å². The van der Waals surface area contributed by atoms with Crippen LogP contribution >= 0.6 is 0 Å². The number of nitrogens with one attached hydrogen (secondary N) is 1. The van der Waals surface area contributed by atoms with Gasteiger partial charge in [-0.05, 0) is 50.8 Å². The predicted molar refractivity (Wildman–Crippen MR) is 99.9 cm³/mol. The van der Waals surface area contributed by atoms with Crippen LogP contribution in [0.2, 0.25) is 0 Å². The van der Waals surface area contributed by atoms with Crippen LogP contribution in [0, 0.1) is 13.8 Å². The van der Waals surface area contributed by atoms with Crippen molar-refractivity contribution in [2.75, 3.05) is 18.0 Å². The summed E-state index contributed by atoms with van der Waals surface area (Å²) in [6.07, 6.45) is -0.839. The summed E-state index contributed by atoms with van der Waals surface area (Å²) in [5.74, 6) is 1.59. The molecule has 1 aromatic carbocycles. The van der Waals surface area contributed by atoms with Crippen molar-refractivity contribution in [2.45, 2.75) is 39.3 Å². The zero-order chi connectivity index (χ0) is 19.2. The number of alkyl halides is 3. The van der Waals surface area contributed by atoms with E-state index in [1.54, 1.807) is 0 Å². The standard InChI is InChI=1S/C20H21F3N4/c1-12-16(14-6-8-15(9-7-14)20(21,22)23)26-18-17(12)24-13(2)25-19(18)27-10-4-3-5-11-27/h6-9,26H,3-5,10-11H2,1-2H3. The van der Waals surface area contributed by atoms with Crippen LogP contribution in [0.3, 0.4) is 0 Å². The molecule has 4 nitrogen and oxygen atoms in total. The monoisotopic (exact) mass is 374 g/mol. The molecule has 0 unspecified atom stereocenters. The molecule has 0 radical (unpaired) electrons. The number of fused-ring (bicyclic) bond motifs is 1. The average Bonchev–Trinajstić information content (AvgIpc) is 2.98. The first-order chi connectivity index (χ1) is 12.8. The van der Waals surface area contributed by atoms with E-state index in [2.05, 4.69) is 19.9 Å². The summed E-state index contributed by atoms with van der Waals surface area (Å²) < 4.78 is 38.5. The predicted octanol–water partition coefficient (Wildman–Crippen LogP) is 5.25. The summed E-state index contributed by atoms with van der Waals surface area (Å²) in [7, 11) is 0. The van der Waals surface area contributed by atoms with Gasteiger partial charge in [0, 0.05) is 18.7 Å². The fourth-order valence-electron chi connectivity index (χ4n) is 3.73. The number of hydrogen-bond donors (Lipinski definition) is 1. The molecule has 142 valence electrons. The highest BCUT2D eigenvalue weighted by Crippen LogP contribution is 2.35. The third-order valence-electron chi connectivity index (χ3n) is 5.14. The van der Waals surface area contributed by atoms with Crippen LogP contribution in [0.25, 0.3) is 22.3 Å². The van der Waals surface area contributed by atoms with E-state index < -0.39 is 11.7 Å². The zero-order valence-electron chi connectivity index (χ0n) is 15.3. The van der Waals surface area contributed by atoms with Crippen molar-refractivity contribution in [2.24, 2.45) is 0 Å². The summed E-state index contributed by atoms with van der Waals surface area (Å²) in [6, 6.07) is 5.23. The second kappa shape index (κ2) is 6.55. The maximum atomic E-state index is 12.8. The molecule has 0 aliphatic carbocycles. The number of benzene rings is 1. The first-order valence-electron chi connectivity index (χ1n) is 9.14. The highest BCUT2D eigenvalue weighted by Gasteiger charge is 2.30. The second-order valence-electron chi connectivity index (χ2n) is 7.07. The van der Waals surface area contributed by atoms with Crippen molar-refractivity contribution in [3.8, 4) is 11.3 Å². The maximum absolute atomic E-state index is 12.8. The molecule has 3 aromatic rings. The van der Waals surface area contributed by atoms with Gasteiger partial charge >= 0.3 is 6.18 Å². The van der Waals surface area contributed by atoms with E-state index >= 15 is 0 Å². The van der Waals surface area contributed by atoms with Crippen LogP contribution in [-0.4, -0.2) is 28.0 Å². The van der Waals surface area contributed by atoms with Crippen molar-refractivity contribution in [1.82, 2.24) is 15.0 Å². The third kappa shape index (κ3) is 3.26. The van der Waals surface area contributed by atoms with E-state index in [1.165, 1.54) is 18.6 Å². The number of aromatic amines is 1. The smallest absolute Gasteiger partial charge is 0.355 e. The lowest BCUT2D eigenvalue weighted by Crippen LogP contribution is -2.30. The van der Waals surface area contributed by atoms with Gasteiger partial charge in [0.15, 0.2) is 5.82 Å². The van der Waals surface area contributed by atoms with Crippen LogP contribution < -0.4 is 4.90 Å². The molecule has 0 atom stereocenters. The topological polar surface area (TPSA) is 44.8 Å². The molecule has 3 heterocycles. The highest BCUT2D eigenvalue weighted by molar-refractivity contribution is 5.94. The van der Waals surface area contributed by atoms with E-state index in [9.17, 15) is 13.2 Å². The Morgan fingerprint density at radius 1 is 0.963 bits per heavy atom. The number of H-pyrrole nitrogens is 1. The Kier molecular flexibility index (Phi) is 4.32. The molecular formula is C20H21F3N4. The number of hydrogen-bond acceptors (Lipinski definition) is 3. The van der Waals surface area contributed by atoms with E-state index in [0.717, 1.165) is 66.2 Å². The van der Waals surface area contributed by atoms with Crippen LogP contribution in [0.15, 0.2) is 24.3 Å². The van der Waals surface area contributed by atoms with Gasteiger partial charge in [0.1, 0.15) is 11.3 Å². The number of piperidine rings is 1. The Bertz CT molecular complexity index is 968. The van der Waals surface area contributed by atoms with E-state index in [0.29, 0.717) is 11.4 Å². The van der Waals surface area contributed by atoms with Crippen molar-refractivity contribution in [3.05, 3.63) is 41.2 Å². The summed E-state index contributed by atoms with van der Waals surface area (Å²) in [6.45, 7) is 5.73. The zero-order valence-corrected chi connectivity index (χ0v) is 15.3. The van der Waals surface area contributed by atoms with Crippen molar-refractivity contribution >= 4 is 16.9 Å². The van der Waals surface area contributed by atoms with Gasteiger partial charge in [-0.3, -0.25) is 0 Å². The Labute approximate surface area is 155 Å². The molecule has 0 bridgehead atoms. The Hall–Kier alpha value is -2.57. The molecule has 1 fully saturated rings. The fourth-order valence-corrected chi connectivity index (χ4v) is 3.73. The largest absolute Gasteiger partial charge is 0.416 e. The number of aromatic nitrogens is 3. The van der Waals surface area contributed by atoms with E-state index in [-0.39, 0.29) is 0 Å². The lowest BCUT2D eigenvalue weighted by molar-refractivity contribution is -0.137. The van der Waals surface area contributed by atoms with Gasteiger partial charge in [0.05, 0.1) is 16.8 Å². The molecule has 4 rings (SSSR count). The van der Waals surface area contributed by atoms with Gasteiger partial charge in [-0.15, -0.1) is 0 Å². The second-order valence-corrected chi connectivity index (χ2v) is 7.07. The SMILES string of the molecule is Cc1nc(N2CCCCC2)c2[nH]c(-c3ccc(C(F)(F)F)cc3)c(C)c2n1. The van der Waals surface area contributed by atoms with Crippen LogP contribution in [0.1, 0.15) is 36.2 Å². The Morgan fingerprint density at radius 3 is 2.26 bits per heavy atom. The molecule has 1 aliphatic heterocycles. The van der Waals surface area contributed by atoms with Gasteiger partial charge in [-0.2, -0.15) is 13.2 Å². The van der Waals surface area contributed by atoms with E-state index in [4.69, 9.17) is 0 Å². The Balaban J connectivity index is 1.82. The lowest BCUT2D eigenvalue weighted by Gasteiger charge is -2.28. The number of nitrogens with zero attached hydrogens (tertiary/aromatic N) is 3. The minimum atomic E-state index is -4.34. The number of anilines is 1. The molecule has 7 heteroatoms. The van der Waals surface area contributed by atoms with Gasteiger partial charge < -0.3 is 9.88 Å². The van der Waals surface area contributed by atoms with Crippen LogP contribution in [-0.2, 0) is 6.18 Å². The summed E-state index contributed by atoms with van der Waals surface area (Å²) in [4.78, 5) is 14.9. The van der Waals surface area contributed by atoms with Crippen molar-refractivity contribution < 1.29 is 13.2 Å². The highest BCUT2D eigenvalue weighted by atomic mass is 19.4. The summed E-state index contributed by atoms with van der Waals surface area (Å²) >= 11 is 0. The van der Waals surface area contributed by atoms with Gasteiger partial charge in [0.2, 0.25) is 0 Å². The molecule has 1 N–H and O–H groups in total. The maximum Gasteiger partial charge on any atom is 0.416 e. The molecule has 2 aromatic heterocycles. The molecular weight excluding hydrogens is 353 g/mol. The van der Waals surface area contributed by atoms with Crippen molar-refractivity contribution in [1.29, 1.82) is 0 Å². The fraction of sp³-hybridized carbons (Fsp3) is 0.400. The quantitative estimate of drug-likeness (QED) is 0.666. The first kappa shape index (κ1) is 17.8. The summed E-state index contributed by atoms with van der Waals surface area (Å²) in [5, 5.41) is 0. The average molecular weight is 374 g/mol. The van der Waals surface area contributed by atoms with Crippen molar-refractivity contribution in [3.63, 3.8) is 0 Å². The van der Waals surface area contributed by atoms with Gasteiger partial charge in [-0.25, -0.2) is 9.97 Å². The third-order valence-corrected chi connectivity index (χ3v) is 5.14. The molecule has 27 heavy (non-hydrogen) atoms. The molecule has 0 amide bonds. The number of rotatable bonds is 2. The lowest BCUT2D eigenvalue weighted by atomic mass is 10.1. The first-order valence-corrected chi connectivity index (χ1v) is 9.14. The molecule has 1 saturated heterocycles.